The number of fused-ring (bicyclic) bond motifs is 2. The van der Waals surface area contributed by atoms with Gasteiger partial charge in [0.25, 0.3) is 0 Å². The molecular weight excluding hydrogens is 435 g/mol. The minimum atomic E-state index is -5.08. The monoisotopic (exact) mass is 457 g/mol. The van der Waals surface area contributed by atoms with Gasteiger partial charge in [0.05, 0.1) is 12.0 Å². The van der Waals surface area contributed by atoms with Gasteiger partial charge in [-0.2, -0.15) is 18.2 Å². The highest BCUT2D eigenvalue weighted by molar-refractivity contribution is 5.73. The van der Waals surface area contributed by atoms with Gasteiger partial charge in [-0.15, -0.1) is 0 Å². The van der Waals surface area contributed by atoms with Gasteiger partial charge in [-0.05, 0) is 37.5 Å². The zero-order chi connectivity index (χ0) is 22.9. The summed E-state index contributed by atoms with van der Waals surface area (Å²) in [4.78, 5) is 15.8. The zero-order valence-corrected chi connectivity index (χ0v) is 17.2. The van der Waals surface area contributed by atoms with E-state index in [0.29, 0.717) is 18.7 Å². The molecule has 174 valence electrons. The number of nitrogens with zero attached hydrogens (tertiary/aromatic N) is 3. The molecule has 3 aliphatic heterocycles. The molecule has 3 aliphatic rings. The Morgan fingerprint density at radius 2 is 2.03 bits per heavy atom. The van der Waals surface area contributed by atoms with Crippen LogP contribution >= 0.6 is 0 Å². The average Bonchev–Trinajstić information content (AvgIpc) is 3.47. The molecule has 0 aliphatic carbocycles. The van der Waals surface area contributed by atoms with Gasteiger partial charge in [0, 0.05) is 25.7 Å². The lowest BCUT2D eigenvalue weighted by Crippen LogP contribution is -2.48. The third-order valence-electron chi connectivity index (χ3n) is 5.57. The Labute approximate surface area is 181 Å². The summed E-state index contributed by atoms with van der Waals surface area (Å²) >= 11 is 0. The van der Waals surface area contributed by atoms with E-state index in [-0.39, 0.29) is 12.0 Å². The number of benzene rings is 1. The number of piperidine rings is 1. The van der Waals surface area contributed by atoms with Crippen LogP contribution in [0, 0.1) is 6.92 Å². The molecule has 12 heteroatoms. The third-order valence-corrected chi connectivity index (χ3v) is 5.57. The number of aryl methyl sites for hydroxylation is 1. The molecule has 1 aromatic carbocycles. The fourth-order valence-electron chi connectivity index (χ4n) is 4.17. The highest BCUT2D eigenvalue weighted by atomic mass is 19.4. The second-order valence-electron chi connectivity index (χ2n) is 7.80. The number of hydrogen-bond donors (Lipinski definition) is 1. The maximum absolute atomic E-state index is 10.6. The molecule has 4 heterocycles. The van der Waals surface area contributed by atoms with Crippen molar-refractivity contribution in [1.29, 1.82) is 0 Å². The predicted octanol–water partition coefficient (Wildman–Crippen LogP) is 2.89. The average molecular weight is 457 g/mol. The first-order valence-electron chi connectivity index (χ1n) is 10.0. The first-order chi connectivity index (χ1) is 15.2. The van der Waals surface area contributed by atoms with Crippen molar-refractivity contribution in [2.45, 2.75) is 50.6 Å². The Bertz CT molecular complexity index is 966. The normalized spacial score (nSPS) is 24.6. The molecule has 9 nitrogen and oxygen atoms in total. The number of carbonyl (C=O) groups is 1. The molecular formula is C20H22F3N3O6. The molecule has 5 rings (SSSR count). The van der Waals surface area contributed by atoms with Crippen molar-refractivity contribution in [3.05, 3.63) is 35.5 Å². The number of rotatable bonds is 3. The molecule has 0 spiro atoms. The summed E-state index contributed by atoms with van der Waals surface area (Å²) in [5.74, 6) is 0.525. The van der Waals surface area contributed by atoms with E-state index in [4.69, 9.17) is 28.6 Å². The molecule has 0 unspecified atom stereocenters. The lowest BCUT2D eigenvalue weighted by molar-refractivity contribution is -0.192. The summed E-state index contributed by atoms with van der Waals surface area (Å²) in [6, 6.07) is 6.63. The fourth-order valence-corrected chi connectivity index (χ4v) is 4.17. The highest BCUT2D eigenvalue weighted by Crippen LogP contribution is 2.38. The fraction of sp³-hybridized carbons (Fsp3) is 0.550. The first-order valence-corrected chi connectivity index (χ1v) is 10.0. The van der Waals surface area contributed by atoms with Crippen LogP contribution in [0.25, 0.3) is 0 Å². The Kier molecular flexibility index (Phi) is 6.24. The van der Waals surface area contributed by atoms with Crippen LogP contribution in [0.15, 0.2) is 22.7 Å². The topological polar surface area (TPSA) is 107 Å². The van der Waals surface area contributed by atoms with Crippen LogP contribution in [0.4, 0.5) is 13.2 Å². The van der Waals surface area contributed by atoms with Crippen molar-refractivity contribution in [2.24, 2.45) is 0 Å². The molecule has 0 amide bonds. The molecule has 0 radical (unpaired) electrons. The summed E-state index contributed by atoms with van der Waals surface area (Å²) in [7, 11) is 0. The number of halogens is 3. The molecule has 1 N–H and O–H groups in total. The smallest absolute Gasteiger partial charge is 0.475 e. The van der Waals surface area contributed by atoms with E-state index in [1.165, 1.54) is 5.56 Å². The quantitative estimate of drug-likeness (QED) is 0.744. The van der Waals surface area contributed by atoms with E-state index >= 15 is 0 Å². The van der Waals surface area contributed by atoms with Crippen molar-refractivity contribution >= 4 is 5.97 Å². The Hall–Kier alpha value is -2.86. The number of aromatic nitrogens is 2. The number of alkyl halides is 3. The molecule has 3 atom stereocenters. The first kappa shape index (κ1) is 22.3. The van der Waals surface area contributed by atoms with Crippen LogP contribution in [-0.2, 0) is 16.1 Å². The van der Waals surface area contributed by atoms with Gasteiger partial charge in [0.2, 0.25) is 12.7 Å². The molecule has 0 saturated carbocycles. The number of aliphatic carboxylic acids is 1. The SMILES string of the molecule is Cc1noc([C@H]2C[C@H]3OCC[C@H]3N(Cc3ccc4c(c3)OCO4)C2)n1.O=C(O)C(F)(F)F. The van der Waals surface area contributed by atoms with Gasteiger partial charge >= 0.3 is 12.1 Å². The van der Waals surface area contributed by atoms with E-state index in [1.54, 1.807) is 0 Å². The number of hydrogen-bond acceptors (Lipinski definition) is 8. The summed E-state index contributed by atoms with van der Waals surface area (Å²) in [5, 5.41) is 11.1. The van der Waals surface area contributed by atoms with Crippen LogP contribution < -0.4 is 9.47 Å². The molecule has 2 aromatic rings. The Morgan fingerprint density at radius 3 is 2.72 bits per heavy atom. The van der Waals surface area contributed by atoms with E-state index in [2.05, 4.69) is 27.2 Å². The minimum absolute atomic E-state index is 0.217. The number of likely N-dealkylation sites (tertiary alicyclic amines) is 1. The number of carboxylic acid groups (broad SMARTS) is 1. The van der Waals surface area contributed by atoms with Crippen LogP contribution in [0.1, 0.15) is 36.0 Å². The van der Waals surface area contributed by atoms with Crippen molar-refractivity contribution in [1.82, 2.24) is 15.0 Å². The molecule has 2 saturated heterocycles. The summed E-state index contributed by atoms with van der Waals surface area (Å²) in [6.07, 6.45) is -2.82. The largest absolute Gasteiger partial charge is 0.490 e. The van der Waals surface area contributed by atoms with Crippen molar-refractivity contribution in [3.63, 3.8) is 0 Å². The van der Waals surface area contributed by atoms with Gasteiger partial charge in [-0.3, -0.25) is 4.90 Å². The third kappa shape index (κ3) is 4.96. The maximum atomic E-state index is 10.6. The lowest BCUT2D eigenvalue weighted by atomic mass is 9.89. The van der Waals surface area contributed by atoms with Crippen molar-refractivity contribution in [3.8, 4) is 11.5 Å². The number of carboxylic acids is 1. The van der Waals surface area contributed by atoms with Crippen molar-refractivity contribution < 1.29 is 41.8 Å². The van der Waals surface area contributed by atoms with E-state index < -0.39 is 12.1 Å². The van der Waals surface area contributed by atoms with Gasteiger partial charge < -0.3 is 23.8 Å². The van der Waals surface area contributed by atoms with E-state index in [9.17, 15) is 13.2 Å². The second-order valence-corrected chi connectivity index (χ2v) is 7.80. The zero-order valence-electron chi connectivity index (χ0n) is 17.2. The molecule has 32 heavy (non-hydrogen) atoms. The van der Waals surface area contributed by atoms with Crippen molar-refractivity contribution in [2.75, 3.05) is 19.9 Å². The maximum Gasteiger partial charge on any atom is 0.490 e. The van der Waals surface area contributed by atoms with Crippen LogP contribution in [0.3, 0.4) is 0 Å². The van der Waals surface area contributed by atoms with Gasteiger partial charge in [0.1, 0.15) is 0 Å². The predicted molar refractivity (Wildman–Crippen MR) is 101 cm³/mol. The molecule has 1 aromatic heterocycles. The highest BCUT2D eigenvalue weighted by Gasteiger charge is 2.42. The molecule has 0 bridgehead atoms. The Morgan fingerprint density at radius 1 is 1.28 bits per heavy atom. The second kappa shape index (κ2) is 8.94. The standard InChI is InChI=1S/C18H21N3O4.C2HF3O2/c1-11-19-18(25-20-11)13-7-16-14(4-5-22-16)21(9-13)8-12-2-3-15-17(6-12)24-10-23-15;3-2(4,5)1(6)7/h2-3,6,13-14,16H,4-5,7-10H2,1H3;(H,6,7)/t13-,14+,16+;/m0./s1. The number of ether oxygens (including phenoxy) is 3. The van der Waals surface area contributed by atoms with E-state index in [0.717, 1.165) is 49.9 Å². The van der Waals surface area contributed by atoms with Crippen LogP contribution in [0.2, 0.25) is 0 Å². The summed E-state index contributed by atoms with van der Waals surface area (Å²) in [6.45, 7) is 4.74. The molecule has 2 fully saturated rings. The van der Waals surface area contributed by atoms with Gasteiger partial charge in [0.15, 0.2) is 17.3 Å². The van der Waals surface area contributed by atoms with E-state index in [1.807, 2.05) is 13.0 Å². The van der Waals surface area contributed by atoms with Crippen LogP contribution in [0.5, 0.6) is 11.5 Å². The lowest BCUT2D eigenvalue weighted by Gasteiger charge is -2.39. The minimum Gasteiger partial charge on any atom is -0.475 e. The van der Waals surface area contributed by atoms with Gasteiger partial charge in [-0.25, -0.2) is 4.79 Å². The Balaban J connectivity index is 0.000000307. The summed E-state index contributed by atoms with van der Waals surface area (Å²) < 4.78 is 54.1. The van der Waals surface area contributed by atoms with Crippen LogP contribution in [-0.4, -0.2) is 64.4 Å². The van der Waals surface area contributed by atoms with Gasteiger partial charge in [-0.1, -0.05) is 11.2 Å². The summed E-state index contributed by atoms with van der Waals surface area (Å²) in [5.41, 5.74) is 1.22.